The molecule has 3 rings (SSSR count). The van der Waals surface area contributed by atoms with Gasteiger partial charge in [-0.1, -0.05) is 0 Å². The van der Waals surface area contributed by atoms with Crippen molar-refractivity contribution >= 4 is 0 Å². The Hall–Kier alpha value is -2.56. The third-order valence-corrected chi connectivity index (χ3v) is 3.22. The van der Waals surface area contributed by atoms with Gasteiger partial charge in [-0.25, -0.2) is 9.97 Å². The lowest BCUT2D eigenvalue weighted by Crippen LogP contribution is -2.00. The molecule has 0 radical (unpaired) electrons. The van der Waals surface area contributed by atoms with Crippen LogP contribution in [-0.4, -0.2) is 21.1 Å². The summed E-state index contributed by atoms with van der Waals surface area (Å²) in [6.45, 7) is 5.25. The zero-order chi connectivity index (χ0) is 14.7. The number of ether oxygens (including phenoxy) is 1. The van der Waals surface area contributed by atoms with Gasteiger partial charge < -0.3 is 13.7 Å². The van der Waals surface area contributed by atoms with Crippen LogP contribution in [0.3, 0.4) is 0 Å². The molecule has 2 aromatic heterocycles. The van der Waals surface area contributed by atoms with Gasteiger partial charge in [-0.15, -0.1) is 0 Å². The molecule has 0 saturated carbocycles. The Balaban J connectivity index is 1.76. The summed E-state index contributed by atoms with van der Waals surface area (Å²) in [6.07, 6.45) is 5.40. The number of hydrogen-bond donors (Lipinski definition) is 0. The first-order valence-corrected chi connectivity index (χ1v) is 6.91. The van der Waals surface area contributed by atoms with E-state index < -0.39 is 0 Å². The van der Waals surface area contributed by atoms with Crippen LogP contribution in [0.15, 0.2) is 47.3 Å². The molecule has 0 saturated heterocycles. The smallest absolute Gasteiger partial charge is 0.226 e. The van der Waals surface area contributed by atoms with Crippen molar-refractivity contribution < 1.29 is 9.15 Å². The zero-order valence-corrected chi connectivity index (χ0v) is 12.1. The highest BCUT2D eigenvalue weighted by atomic mass is 16.5. The van der Waals surface area contributed by atoms with Crippen molar-refractivity contribution in [3.8, 4) is 17.2 Å². The molecule has 5 heteroatoms. The van der Waals surface area contributed by atoms with Crippen LogP contribution in [0.1, 0.15) is 18.4 Å². The van der Waals surface area contributed by atoms with Gasteiger partial charge >= 0.3 is 0 Å². The molecule has 0 fully saturated rings. The van der Waals surface area contributed by atoms with Gasteiger partial charge in [0, 0.05) is 18.0 Å². The Morgan fingerprint density at radius 3 is 2.71 bits per heavy atom. The summed E-state index contributed by atoms with van der Waals surface area (Å²) in [5, 5.41) is 0. The molecule has 0 amide bonds. The van der Waals surface area contributed by atoms with Crippen molar-refractivity contribution in [2.75, 3.05) is 6.61 Å². The van der Waals surface area contributed by atoms with Crippen LogP contribution in [0, 0.1) is 6.92 Å². The van der Waals surface area contributed by atoms with E-state index in [1.54, 1.807) is 12.5 Å². The zero-order valence-electron chi connectivity index (χ0n) is 12.1. The van der Waals surface area contributed by atoms with E-state index in [0.717, 1.165) is 22.8 Å². The maximum Gasteiger partial charge on any atom is 0.226 e. The van der Waals surface area contributed by atoms with Gasteiger partial charge in [0.1, 0.15) is 17.8 Å². The Kier molecular flexibility index (Phi) is 3.73. The standard InChI is InChI=1S/C16H17N3O2/c1-3-20-15-6-4-13(5-7-15)16-18-14(11-21-16)10-19-9-8-17-12(19)2/h4-9,11H,3,10H2,1-2H3. The first-order valence-electron chi connectivity index (χ1n) is 6.91. The first-order chi connectivity index (χ1) is 10.3. The SMILES string of the molecule is CCOc1ccc(-c2nc(Cn3ccnc3C)co2)cc1. The number of hydrogen-bond acceptors (Lipinski definition) is 4. The van der Waals surface area contributed by atoms with Crippen molar-refractivity contribution in [1.29, 1.82) is 0 Å². The van der Waals surface area contributed by atoms with E-state index in [1.165, 1.54) is 0 Å². The highest BCUT2D eigenvalue weighted by Crippen LogP contribution is 2.22. The number of rotatable bonds is 5. The lowest BCUT2D eigenvalue weighted by atomic mass is 10.2. The van der Waals surface area contributed by atoms with E-state index in [4.69, 9.17) is 9.15 Å². The minimum Gasteiger partial charge on any atom is -0.494 e. The molecular formula is C16H17N3O2. The van der Waals surface area contributed by atoms with Crippen LogP contribution >= 0.6 is 0 Å². The number of nitrogens with zero attached hydrogens (tertiary/aromatic N) is 3. The van der Waals surface area contributed by atoms with Crippen molar-refractivity contribution in [2.24, 2.45) is 0 Å². The molecule has 3 aromatic rings. The molecule has 0 aliphatic rings. The van der Waals surface area contributed by atoms with E-state index in [-0.39, 0.29) is 0 Å². The fourth-order valence-corrected chi connectivity index (χ4v) is 2.12. The van der Waals surface area contributed by atoms with E-state index in [1.807, 2.05) is 48.9 Å². The fraction of sp³-hybridized carbons (Fsp3) is 0.250. The normalized spacial score (nSPS) is 10.8. The highest BCUT2D eigenvalue weighted by Gasteiger charge is 2.08. The average Bonchev–Trinajstić information content (AvgIpc) is 3.11. The van der Waals surface area contributed by atoms with Crippen LogP contribution < -0.4 is 4.74 Å². The summed E-state index contributed by atoms with van der Waals surface area (Å²) in [7, 11) is 0. The van der Waals surface area contributed by atoms with Crippen LogP contribution in [0.2, 0.25) is 0 Å². The second kappa shape index (κ2) is 5.83. The predicted octanol–water partition coefficient (Wildman–Crippen LogP) is 3.29. The number of benzene rings is 1. The van der Waals surface area contributed by atoms with Gasteiger partial charge in [-0.05, 0) is 38.1 Å². The second-order valence-electron chi connectivity index (χ2n) is 4.70. The number of oxazole rings is 1. The molecule has 0 spiro atoms. The van der Waals surface area contributed by atoms with Gasteiger partial charge in [0.25, 0.3) is 0 Å². The number of imidazole rings is 1. The van der Waals surface area contributed by atoms with Crippen molar-refractivity contribution in [2.45, 2.75) is 20.4 Å². The quantitative estimate of drug-likeness (QED) is 0.721. The number of aryl methyl sites for hydroxylation is 1. The van der Waals surface area contributed by atoms with Crippen molar-refractivity contribution in [3.63, 3.8) is 0 Å². The highest BCUT2D eigenvalue weighted by molar-refractivity contribution is 5.54. The average molecular weight is 283 g/mol. The van der Waals surface area contributed by atoms with Gasteiger partial charge in [0.05, 0.1) is 18.8 Å². The van der Waals surface area contributed by atoms with E-state index in [2.05, 4.69) is 9.97 Å². The van der Waals surface area contributed by atoms with Crippen molar-refractivity contribution in [1.82, 2.24) is 14.5 Å². The maximum absolute atomic E-state index is 5.55. The summed E-state index contributed by atoms with van der Waals surface area (Å²) in [5.74, 6) is 2.42. The van der Waals surface area contributed by atoms with Crippen LogP contribution in [0.25, 0.3) is 11.5 Å². The maximum atomic E-state index is 5.55. The van der Waals surface area contributed by atoms with Crippen molar-refractivity contribution in [3.05, 3.63) is 54.4 Å². The fourth-order valence-electron chi connectivity index (χ4n) is 2.12. The topological polar surface area (TPSA) is 53.1 Å². The summed E-state index contributed by atoms with van der Waals surface area (Å²) in [6, 6.07) is 7.73. The lowest BCUT2D eigenvalue weighted by molar-refractivity contribution is 0.340. The molecule has 1 aromatic carbocycles. The predicted molar refractivity (Wildman–Crippen MR) is 79.2 cm³/mol. The Morgan fingerprint density at radius 2 is 2.05 bits per heavy atom. The molecule has 5 nitrogen and oxygen atoms in total. The molecule has 0 N–H and O–H groups in total. The van der Waals surface area contributed by atoms with Gasteiger partial charge in [0.2, 0.25) is 5.89 Å². The third kappa shape index (κ3) is 2.97. The van der Waals surface area contributed by atoms with Crippen LogP contribution in [0.4, 0.5) is 0 Å². The molecule has 108 valence electrons. The molecule has 0 atom stereocenters. The Bertz CT molecular complexity index is 713. The minimum atomic E-state index is 0.616. The molecule has 0 aliphatic carbocycles. The van der Waals surface area contributed by atoms with E-state index in [0.29, 0.717) is 19.0 Å². The molecule has 2 heterocycles. The molecule has 0 bridgehead atoms. The summed E-state index contributed by atoms with van der Waals surface area (Å²) in [4.78, 5) is 8.71. The summed E-state index contributed by atoms with van der Waals surface area (Å²) < 4.78 is 13.0. The third-order valence-electron chi connectivity index (χ3n) is 3.22. The number of aromatic nitrogens is 3. The second-order valence-corrected chi connectivity index (χ2v) is 4.70. The Morgan fingerprint density at radius 1 is 1.24 bits per heavy atom. The lowest BCUT2D eigenvalue weighted by Gasteiger charge is -2.02. The van der Waals surface area contributed by atoms with Gasteiger partial charge in [-0.2, -0.15) is 0 Å². The minimum absolute atomic E-state index is 0.616. The first kappa shape index (κ1) is 13.4. The Labute approximate surface area is 123 Å². The van der Waals surface area contributed by atoms with E-state index in [9.17, 15) is 0 Å². The molecular weight excluding hydrogens is 266 g/mol. The summed E-state index contributed by atoms with van der Waals surface area (Å²) >= 11 is 0. The van der Waals surface area contributed by atoms with Gasteiger partial charge in [-0.3, -0.25) is 0 Å². The largest absolute Gasteiger partial charge is 0.494 e. The molecule has 0 unspecified atom stereocenters. The molecule has 0 aliphatic heterocycles. The van der Waals surface area contributed by atoms with Gasteiger partial charge in [0.15, 0.2) is 0 Å². The summed E-state index contributed by atoms with van der Waals surface area (Å²) in [5.41, 5.74) is 1.81. The monoisotopic (exact) mass is 283 g/mol. The van der Waals surface area contributed by atoms with E-state index >= 15 is 0 Å². The molecule has 21 heavy (non-hydrogen) atoms. The van der Waals surface area contributed by atoms with Crippen LogP contribution in [0.5, 0.6) is 5.75 Å². The van der Waals surface area contributed by atoms with Crippen LogP contribution in [-0.2, 0) is 6.54 Å².